The minimum Gasteiger partial charge on any atom is -0.436 e. The number of aryl methyl sites for hydroxylation is 1. The minimum atomic E-state index is 0.640. The maximum Gasteiger partial charge on any atom is 0.227 e. The van der Waals surface area contributed by atoms with Crippen LogP contribution in [0.1, 0.15) is 5.56 Å². The van der Waals surface area contributed by atoms with Gasteiger partial charge in [0.05, 0.1) is 5.52 Å². The van der Waals surface area contributed by atoms with E-state index < -0.39 is 0 Å². The number of anilines is 2. The van der Waals surface area contributed by atoms with Crippen molar-refractivity contribution >= 4 is 84.0 Å². The summed E-state index contributed by atoms with van der Waals surface area (Å²) in [5, 5.41) is 11.4. The summed E-state index contributed by atoms with van der Waals surface area (Å²) in [5.74, 6) is 0.640. The number of nitrogens with zero attached hydrogens (tertiary/aromatic N) is 2. The van der Waals surface area contributed by atoms with Crippen molar-refractivity contribution in [2.24, 2.45) is 0 Å². The Morgan fingerprint density at radius 2 is 1.41 bits per heavy atom. The van der Waals surface area contributed by atoms with Gasteiger partial charge in [-0.25, -0.2) is 4.98 Å². The van der Waals surface area contributed by atoms with E-state index in [9.17, 15) is 0 Å². The lowest BCUT2D eigenvalue weighted by Gasteiger charge is -2.25. The van der Waals surface area contributed by atoms with E-state index in [2.05, 4.69) is 150 Å². The molecule has 51 heavy (non-hydrogen) atoms. The molecule has 0 amide bonds. The van der Waals surface area contributed by atoms with Crippen molar-refractivity contribution in [2.45, 2.75) is 6.92 Å². The number of nitrogens with one attached hydrogen (secondary N) is 1. The molecule has 238 valence electrons. The molecule has 0 spiro atoms. The first kappa shape index (κ1) is 28.3. The molecule has 1 aliphatic heterocycles. The normalized spacial score (nSPS) is 12.2. The van der Waals surface area contributed by atoms with Crippen molar-refractivity contribution in [1.29, 1.82) is 0 Å². The van der Waals surface area contributed by atoms with Crippen molar-refractivity contribution in [3.05, 3.63) is 157 Å². The molecule has 5 heteroatoms. The molecule has 0 atom stereocenters. The van der Waals surface area contributed by atoms with Crippen LogP contribution in [0.2, 0.25) is 0 Å². The van der Waals surface area contributed by atoms with Crippen LogP contribution in [0.5, 0.6) is 0 Å². The van der Waals surface area contributed by atoms with Crippen molar-refractivity contribution in [2.75, 3.05) is 5.32 Å². The summed E-state index contributed by atoms with van der Waals surface area (Å²) in [6, 6.07) is 54.3. The molecular formula is C46H30BN3O. The van der Waals surface area contributed by atoms with Crippen molar-refractivity contribution < 1.29 is 4.42 Å². The van der Waals surface area contributed by atoms with Crippen LogP contribution in [0.4, 0.5) is 11.4 Å². The molecule has 8 aromatic carbocycles. The number of aromatic nitrogens is 2. The summed E-state index contributed by atoms with van der Waals surface area (Å²) < 4.78 is 8.96. The highest BCUT2D eigenvalue weighted by Crippen LogP contribution is 2.45. The number of hydrogen-bond acceptors (Lipinski definition) is 3. The number of rotatable bonds is 4. The molecule has 1 aliphatic rings. The van der Waals surface area contributed by atoms with Crippen LogP contribution < -0.4 is 16.2 Å². The van der Waals surface area contributed by atoms with Crippen LogP contribution in [-0.4, -0.2) is 16.8 Å². The van der Waals surface area contributed by atoms with Gasteiger partial charge in [0.25, 0.3) is 0 Å². The minimum absolute atomic E-state index is 0.640. The van der Waals surface area contributed by atoms with E-state index in [0.717, 1.165) is 41.0 Å². The summed E-state index contributed by atoms with van der Waals surface area (Å²) in [5.41, 5.74) is 14.6. The first-order valence-corrected chi connectivity index (χ1v) is 17.5. The Balaban J connectivity index is 1.27. The third kappa shape index (κ3) is 4.18. The van der Waals surface area contributed by atoms with Gasteiger partial charge in [-0.2, -0.15) is 0 Å². The van der Waals surface area contributed by atoms with Gasteiger partial charge in [-0.15, -0.1) is 0 Å². The first-order valence-electron chi connectivity index (χ1n) is 17.5. The fraction of sp³-hybridized carbons (Fsp3) is 0.0217. The number of oxazole rings is 1. The Bertz CT molecular complexity index is 3030. The summed E-state index contributed by atoms with van der Waals surface area (Å²) in [6.45, 7) is 2.12. The molecule has 0 saturated heterocycles. The molecular weight excluding hydrogens is 621 g/mol. The zero-order valence-electron chi connectivity index (χ0n) is 27.9. The Kier molecular flexibility index (Phi) is 5.93. The lowest BCUT2D eigenvalue weighted by molar-refractivity contribution is 0.620. The summed E-state index contributed by atoms with van der Waals surface area (Å²) in [7, 11) is 0.760. The Hall–Kier alpha value is -6.59. The van der Waals surface area contributed by atoms with Crippen LogP contribution in [0.3, 0.4) is 0 Å². The van der Waals surface area contributed by atoms with Crippen LogP contribution >= 0.6 is 0 Å². The summed E-state index contributed by atoms with van der Waals surface area (Å²) >= 11 is 0. The van der Waals surface area contributed by atoms with Gasteiger partial charge in [-0.1, -0.05) is 114 Å². The maximum atomic E-state index is 6.46. The van der Waals surface area contributed by atoms with E-state index in [0.29, 0.717) is 5.89 Å². The monoisotopic (exact) mass is 651 g/mol. The topological polar surface area (TPSA) is 43.0 Å². The quantitative estimate of drug-likeness (QED) is 0.193. The predicted octanol–water partition coefficient (Wildman–Crippen LogP) is 10.3. The van der Waals surface area contributed by atoms with Crippen LogP contribution in [0, 0.1) is 6.92 Å². The molecule has 2 aromatic heterocycles. The second-order valence-corrected chi connectivity index (χ2v) is 13.7. The third-order valence-corrected chi connectivity index (χ3v) is 10.7. The highest BCUT2D eigenvalue weighted by Gasteiger charge is 2.30. The fourth-order valence-corrected chi connectivity index (χ4v) is 8.39. The first-order chi connectivity index (χ1) is 25.2. The standard InChI is InChI=1S/C46H30BN3O/c1-27-19-22-30(23-20-27)48-36-18-10-9-17-34(36)41-32-15-7-8-16-33(32)43-42-31-14-6-5-11-28(31)21-24-38(42)50-39-26-37-40(25-35(39)47-44(41)45(43)50)51-46(49-37)29-12-3-2-4-13-29/h2-26,47-48H,1H3. The molecule has 10 aromatic rings. The summed E-state index contributed by atoms with van der Waals surface area (Å²) in [4.78, 5) is 5.01. The summed E-state index contributed by atoms with van der Waals surface area (Å²) in [6.07, 6.45) is 0. The SMILES string of the molecule is Cc1ccc(Nc2ccccc2-c2c3c4c(c5ccccc25)c2c5ccccc5ccc2n4-c2cc4nc(-c5ccccc5)oc4cc2B3)cc1. The van der Waals surface area contributed by atoms with E-state index in [4.69, 9.17) is 9.40 Å². The average Bonchev–Trinajstić information content (AvgIpc) is 3.76. The van der Waals surface area contributed by atoms with E-state index in [-0.39, 0.29) is 0 Å². The van der Waals surface area contributed by atoms with E-state index in [1.165, 1.54) is 71.0 Å². The molecule has 0 aliphatic carbocycles. The molecule has 0 bridgehead atoms. The van der Waals surface area contributed by atoms with Gasteiger partial charge in [0.2, 0.25) is 5.89 Å². The van der Waals surface area contributed by atoms with Gasteiger partial charge in [0.1, 0.15) is 5.52 Å². The molecule has 0 fully saturated rings. The zero-order chi connectivity index (χ0) is 33.6. The maximum absolute atomic E-state index is 6.46. The van der Waals surface area contributed by atoms with Crippen molar-refractivity contribution in [3.63, 3.8) is 0 Å². The molecule has 1 N–H and O–H groups in total. The smallest absolute Gasteiger partial charge is 0.227 e. The highest BCUT2D eigenvalue weighted by atomic mass is 16.3. The second kappa shape index (κ2) is 10.7. The van der Waals surface area contributed by atoms with E-state index in [1.54, 1.807) is 0 Å². The molecule has 4 nitrogen and oxygen atoms in total. The molecule has 0 saturated carbocycles. The van der Waals surface area contributed by atoms with Crippen molar-refractivity contribution in [1.82, 2.24) is 9.55 Å². The van der Waals surface area contributed by atoms with Gasteiger partial charge in [-0.3, -0.25) is 0 Å². The predicted molar refractivity (Wildman–Crippen MR) is 215 cm³/mol. The van der Waals surface area contributed by atoms with Crippen molar-refractivity contribution in [3.8, 4) is 28.3 Å². The molecule has 3 heterocycles. The van der Waals surface area contributed by atoms with Crippen LogP contribution in [0.25, 0.3) is 82.7 Å². The van der Waals surface area contributed by atoms with Gasteiger partial charge in [-0.05, 0) is 88.0 Å². The Morgan fingerprint density at radius 3 is 2.27 bits per heavy atom. The lowest BCUT2D eigenvalue weighted by atomic mass is 9.58. The number of fused-ring (bicyclic) bond motifs is 10. The van der Waals surface area contributed by atoms with E-state index in [1.807, 2.05) is 18.2 Å². The molecule has 0 unspecified atom stereocenters. The van der Waals surface area contributed by atoms with Gasteiger partial charge >= 0.3 is 0 Å². The fourth-order valence-electron chi connectivity index (χ4n) is 8.39. The second-order valence-electron chi connectivity index (χ2n) is 13.7. The van der Waals surface area contributed by atoms with Crippen LogP contribution in [-0.2, 0) is 0 Å². The third-order valence-electron chi connectivity index (χ3n) is 10.7. The van der Waals surface area contributed by atoms with Crippen LogP contribution in [0.15, 0.2) is 156 Å². The Labute approximate surface area is 294 Å². The molecule has 11 rings (SSSR count). The lowest BCUT2D eigenvalue weighted by Crippen LogP contribution is -2.37. The van der Waals surface area contributed by atoms with Gasteiger partial charge in [0.15, 0.2) is 12.9 Å². The van der Waals surface area contributed by atoms with Gasteiger partial charge < -0.3 is 14.3 Å². The zero-order valence-corrected chi connectivity index (χ0v) is 27.9. The number of hydrogen-bond donors (Lipinski definition) is 1. The Morgan fingerprint density at radius 1 is 0.667 bits per heavy atom. The number of para-hydroxylation sites is 1. The highest BCUT2D eigenvalue weighted by molar-refractivity contribution is 6.74. The van der Waals surface area contributed by atoms with E-state index >= 15 is 0 Å². The van der Waals surface area contributed by atoms with Gasteiger partial charge in [0, 0.05) is 44.5 Å². The largest absolute Gasteiger partial charge is 0.436 e. The molecule has 0 radical (unpaired) electrons. The average molecular weight is 652 g/mol. The number of benzene rings is 8.